The van der Waals surface area contributed by atoms with Crippen molar-refractivity contribution in [3.8, 4) is 0 Å². The average Bonchev–Trinajstić information content (AvgIpc) is 3.09. The van der Waals surface area contributed by atoms with Crippen LogP contribution in [0.3, 0.4) is 0 Å². The molecule has 0 unspecified atom stereocenters. The molecule has 0 spiro atoms. The minimum atomic E-state index is -0.692. The van der Waals surface area contributed by atoms with Crippen LogP contribution in [0.1, 0.15) is 17.5 Å². The number of amides is 2. The van der Waals surface area contributed by atoms with Crippen LogP contribution in [-0.2, 0) is 16.0 Å². The fourth-order valence-electron chi connectivity index (χ4n) is 4.40. The van der Waals surface area contributed by atoms with Crippen molar-refractivity contribution in [1.29, 1.82) is 0 Å². The quantitative estimate of drug-likeness (QED) is 0.338. The van der Waals surface area contributed by atoms with Crippen molar-refractivity contribution in [3.63, 3.8) is 0 Å². The molecule has 8 heteroatoms. The molecule has 2 aliphatic rings. The number of aryl methyl sites for hydroxylation is 1. The summed E-state index contributed by atoms with van der Waals surface area (Å²) in [5.74, 6) is -1.99. The molecule has 2 aliphatic heterocycles. The number of carbonyl (C=O) groups excluding carboxylic acids is 2. The van der Waals surface area contributed by atoms with Crippen LogP contribution in [0.25, 0.3) is 5.57 Å². The highest BCUT2D eigenvalue weighted by Crippen LogP contribution is 2.40. The maximum absolute atomic E-state index is 14.6. The van der Waals surface area contributed by atoms with Crippen LogP contribution in [0.2, 0.25) is 0 Å². The first-order chi connectivity index (χ1) is 16.0. The predicted octanol–water partition coefficient (Wildman–Crippen LogP) is 4.47. The van der Waals surface area contributed by atoms with E-state index in [0.717, 1.165) is 29.0 Å². The molecule has 0 atom stereocenters. The van der Waals surface area contributed by atoms with Crippen molar-refractivity contribution in [3.05, 3.63) is 106 Å². The van der Waals surface area contributed by atoms with Gasteiger partial charge in [0.15, 0.2) is 0 Å². The van der Waals surface area contributed by atoms with Gasteiger partial charge in [-0.1, -0.05) is 30.3 Å². The smallest absolute Gasteiger partial charge is 0.282 e. The van der Waals surface area contributed by atoms with Gasteiger partial charge in [0.1, 0.15) is 11.5 Å². The molecule has 2 heterocycles. The lowest BCUT2D eigenvalue weighted by molar-refractivity contribution is -0.384. The van der Waals surface area contributed by atoms with Crippen molar-refractivity contribution in [2.24, 2.45) is 0 Å². The van der Waals surface area contributed by atoms with E-state index in [1.54, 1.807) is 11.0 Å². The Morgan fingerprint density at radius 1 is 0.848 bits per heavy atom. The lowest BCUT2D eigenvalue weighted by Crippen LogP contribution is -2.37. The van der Waals surface area contributed by atoms with Crippen LogP contribution >= 0.6 is 0 Å². The topological polar surface area (TPSA) is 83.8 Å². The highest BCUT2D eigenvalue weighted by Gasteiger charge is 2.44. The van der Waals surface area contributed by atoms with Crippen LogP contribution in [0.5, 0.6) is 0 Å². The monoisotopic (exact) mass is 443 g/mol. The molecule has 5 rings (SSSR count). The summed E-state index contributed by atoms with van der Waals surface area (Å²) >= 11 is 0. The number of carbonyl (C=O) groups is 2. The van der Waals surface area contributed by atoms with Gasteiger partial charge in [-0.15, -0.1) is 0 Å². The zero-order valence-corrected chi connectivity index (χ0v) is 17.4. The first-order valence-electron chi connectivity index (χ1n) is 10.4. The summed E-state index contributed by atoms with van der Waals surface area (Å²) in [5.41, 5.74) is 2.19. The zero-order chi connectivity index (χ0) is 23.1. The summed E-state index contributed by atoms with van der Waals surface area (Å²) in [6, 6.07) is 18.7. The molecule has 2 amide bonds. The van der Waals surface area contributed by atoms with E-state index in [9.17, 15) is 24.1 Å². The minimum absolute atomic E-state index is 0.0925. The number of nitro groups is 1. The molecule has 0 radical (unpaired) electrons. The van der Waals surface area contributed by atoms with Gasteiger partial charge in [0.2, 0.25) is 0 Å². The second kappa shape index (κ2) is 7.98. The Morgan fingerprint density at radius 3 is 2.21 bits per heavy atom. The van der Waals surface area contributed by atoms with Crippen molar-refractivity contribution in [1.82, 2.24) is 0 Å². The van der Waals surface area contributed by atoms with Crippen LogP contribution in [0, 0.1) is 15.9 Å². The number of rotatable bonds is 4. The van der Waals surface area contributed by atoms with E-state index >= 15 is 0 Å². The van der Waals surface area contributed by atoms with Crippen molar-refractivity contribution >= 4 is 34.4 Å². The number of non-ortho nitro benzene ring substituents is 1. The molecule has 0 aromatic heterocycles. The second-order valence-electron chi connectivity index (χ2n) is 7.81. The maximum Gasteiger partial charge on any atom is 0.282 e. The Kier molecular flexibility index (Phi) is 4.97. The largest absolute Gasteiger partial charge is 0.336 e. The maximum atomic E-state index is 14.6. The van der Waals surface area contributed by atoms with E-state index in [2.05, 4.69) is 0 Å². The number of hydrogen-bond donors (Lipinski definition) is 0. The third kappa shape index (κ3) is 3.36. The number of nitro benzene ring substituents is 1. The SMILES string of the molecule is O=C1C(c2ccc([N+](=O)[O-])cc2)=C(N2CCCc3ccccc32)C(=O)N1c1ccccc1F. The van der Waals surface area contributed by atoms with Gasteiger partial charge in [0.05, 0.1) is 16.2 Å². The van der Waals surface area contributed by atoms with Crippen LogP contribution < -0.4 is 9.80 Å². The van der Waals surface area contributed by atoms with Gasteiger partial charge in [-0.05, 0) is 54.3 Å². The van der Waals surface area contributed by atoms with Gasteiger partial charge in [0, 0.05) is 24.4 Å². The molecule has 0 saturated heterocycles. The van der Waals surface area contributed by atoms with Crippen molar-refractivity contribution in [2.75, 3.05) is 16.3 Å². The molecule has 3 aromatic carbocycles. The van der Waals surface area contributed by atoms with Gasteiger partial charge in [-0.2, -0.15) is 0 Å². The predicted molar refractivity (Wildman–Crippen MR) is 121 cm³/mol. The molecular formula is C25H18FN3O4. The number of imide groups is 1. The highest BCUT2D eigenvalue weighted by atomic mass is 19.1. The van der Waals surface area contributed by atoms with Crippen LogP contribution in [0.4, 0.5) is 21.5 Å². The van der Waals surface area contributed by atoms with Gasteiger partial charge in [-0.25, -0.2) is 9.29 Å². The summed E-state index contributed by atoms with van der Waals surface area (Å²) in [6.45, 7) is 0.507. The van der Waals surface area contributed by atoms with Gasteiger partial charge in [-0.3, -0.25) is 19.7 Å². The number of para-hydroxylation sites is 2. The van der Waals surface area contributed by atoms with E-state index in [0.29, 0.717) is 12.1 Å². The van der Waals surface area contributed by atoms with Gasteiger partial charge < -0.3 is 4.90 Å². The van der Waals surface area contributed by atoms with Gasteiger partial charge in [0.25, 0.3) is 17.5 Å². The van der Waals surface area contributed by atoms with Crippen molar-refractivity contribution in [2.45, 2.75) is 12.8 Å². The molecule has 3 aromatic rings. The molecule has 0 saturated carbocycles. The molecular weight excluding hydrogens is 425 g/mol. The summed E-state index contributed by atoms with van der Waals surface area (Å²) in [7, 11) is 0. The molecule has 0 fully saturated rings. The molecule has 164 valence electrons. The first-order valence-corrected chi connectivity index (χ1v) is 10.4. The zero-order valence-electron chi connectivity index (χ0n) is 17.4. The summed E-state index contributed by atoms with van der Waals surface area (Å²) in [6.07, 6.45) is 1.61. The second-order valence-corrected chi connectivity index (χ2v) is 7.81. The summed E-state index contributed by atoms with van der Waals surface area (Å²) in [4.78, 5) is 40.4. The molecule has 33 heavy (non-hydrogen) atoms. The highest BCUT2D eigenvalue weighted by molar-refractivity contribution is 6.46. The number of benzene rings is 3. The van der Waals surface area contributed by atoms with Gasteiger partial charge >= 0.3 is 0 Å². The Balaban J connectivity index is 1.70. The summed E-state index contributed by atoms with van der Waals surface area (Å²) < 4.78 is 14.6. The fraction of sp³-hybridized carbons (Fsp3) is 0.120. The number of anilines is 2. The van der Waals surface area contributed by atoms with E-state index in [1.165, 1.54) is 42.5 Å². The van der Waals surface area contributed by atoms with E-state index < -0.39 is 22.6 Å². The van der Waals surface area contributed by atoms with E-state index in [4.69, 9.17) is 0 Å². The standard InChI is InChI=1S/C25H18FN3O4/c26-19-8-2-4-10-21(19)28-24(30)22(17-11-13-18(14-12-17)29(32)33)23(25(28)31)27-15-5-7-16-6-1-3-9-20(16)27/h1-4,6,8-14H,5,7,15H2. The number of fused-ring (bicyclic) bond motifs is 1. The van der Waals surface area contributed by atoms with Crippen LogP contribution in [-0.4, -0.2) is 23.3 Å². The Labute approximate surface area is 188 Å². The third-order valence-electron chi connectivity index (χ3n) is 5.90. The average molecular weight is 443 g/mol. The Bertz CT molecular complexity index is 1330. The first kappa shape index (κ1) is 20.6. The molecule has 0 N–H and O–H groups in total. The molecule has 7 nitrogen and oxygen atoms in total. The number of nitrogens with zero attached hydrogens (tertiary/aromatic N) is 3. The lowest BCUT2D eigenvalue weighted by atomic mass is 9.98. The molecule has 0 aliphatic carbocycles. The Hall–Kier alpha value is -4.33. The lowest BCUT2D eigenvalue weighted by Gasteiger charge is -2.32. The van der Waals surface area contributed by atoms with Crippen molar-refractivity contribution < 1.29 is 18.9 Å². The number of halogens is 1. The third-order valence-corrected chi connectivity index (χ3v) is 5.90. The Morgan fingerprint density at radius 2 is 1.52 bits per heavy atom. The van der Waals surface area contributed by atoms with E-state index in [1.807, 2.05) is 24.3 Å². The number of hydrogen-bond acceptors (Lipinski definition) is 5. The van der Waals surface area contributed by atoms with E-state index in [-0.39, 0.29) is 22.6 Å². The minimum Gasteiger partial charge on any atom is -0.336 e. The normalized spacial score (nSPS) is 15.8. The molecule has 0 bridgehead atoms. The fourth-order valence-corrected chi connectivity index (χ4v) is 4.40. The van der Waals surface area contributed by atoms with Crippen LogP contribution in [0.15, 0.2) is 78.5 Å². The summed E-state index contributed by atoms with van der Waals surface area (Å²) in [5, 5.41) is 11.1.